The van der Waals surface area contributed by atoms with E-state index in [0.717, 1.165) is 18.9 Å². The zero-order valence-corrected chi connectivity index (χ0v) is 7.93. The number of rotatable bonds is 0. The van der Waals surface area contributed by atoms with Gasteiger partial charge in [0.15, 0.2) is 0 Å². The Kier molecular flexibility index (Phi) is 1.37. The van der Waals surface area contributed by atoms with Crippen molar-refractivity contribution in [3.8, 4) is 0 Å². The van der Waals surface area contributed by atoms with E-state index in [1.807, 2.05) is 6.33 Å². The molecule has 0 bridgehead atoms. The second kappa shape index (κ2) is 2.35. The van der Waals surface area contributed by atoms with Crippen LogP contribution in [0.15, 0.2) is 6.33 Å². The van der Waals surface area contributed by atoms with Gasteiger partial charge in [-0.1, -0.05) is 6.92 Å². The fraction of sp³-hybridized carbons (Fsp3) is 0.700. The molecule has 2 atom stereocenters. The molecule has 1 spiro atoms. The molecule has 3 rings (SSSR count). The average Bonchev–Trinajstić information content (AvgIpc) is 2.62. The van der Waals surface area contributed by atoms with Crippen molar-refractivity contribution in [2.45, 2.75) is 31.7 Å². The van der Waals surface area contributed by atoms with Crippen molar-refractivity contribution in [1.82, 2.24) is 15.3 Å². The van der Waals surface area contributed by atoms with E-state index in [2.05, 4.69) is 22.2 Å². The molecule has 2 N–H and O–H groups in total. The smallest absolute Gasteiger partial charge is 0.0926 e. The molecule has 70 valence electrons. The molecule has 1 fully saturated rings. The molecule has 2 heterocycles. The van der Waals surface area contributed by atoms with Crippen LogP contribution in [0.4, 0.5) is 0 Å². The van der Waals surface area contributed by atoms with E-state index in [-0.39, 0.29) is 5.54 Å². The number of nitrogens with zero attached hydrogens (tertiary/aromatic N) is 1. The number of fused-ring (bicyclic) bond motifs is 2. The summed E-state index contributed by atoms with van der Waals surface area (Å²) in [6, 6.07) is 0. The summed E-state index contributed by atoms with van der Waals surface area (Å²) in [5, 5.41) is 3.64. The van der Waals surface area contributed by atoms with Gasteiger partial charge in [0.25, 0.3) is 0 Å². The molecule has 3 heteroatoms. The molecule has 0 saturated heterocycles. The highest BCUT2D eigenvalue weighted by Crippen LogP contribution is 2.47. The van der Waals surface area contributed by atoms with Gasteiger partial charge in [-0.2, -0.15) is 0 Å². The lowest BCUT2D eigenvalue weighted by Gasteiger charge is -2.50. The van der Waals surface area contributed by atoms with Gasteiger partial charge in [0.05, 0.1) is 17.6 Å². The van der Waals surface area contributed by atoms with Crippen molar-refractivity contribution in [3.05, 3.63) is 17.7 Å². The summed E-state index contributed by atoms with van der Waals surface area (Å²) in [6.45, 7) is 3.42. The standard InChI is InChI=1S/C10H15N3/c1-7-2-4-10(7)9-8(3-5-13-10)11-6-12-9/h6-7,13H,2-5H2,1H3,(H,11,12). The highest BCUT2D eigenvalue weighted by Gasteiger charge is 2.49. The minimum absolute atomic E-state index is 0.230. The molecule has 0 aromatic carbocycles. The Labute approximate surface area is 78.0 Å². The van der Waals surface area contributed by atoms with Gasteiger partial charge >= 0.3 is 0 Å². The van der Waals surface area contributed by atoms with Crippen molar-refractivity contribution in [2.75, 3.05) is 6.54 Å². The topological polar surface area (TPSA) is 40.7 Å². The number of nitrogens with one attached hydrogen (secondary N) is 2. The van der Waals surface area contributed by atoms with Crippen LogP contribution in [0, 0.1) is 5.92 Å². The Hall–Kier alpha value is -0.830. The molecule has 1 aromatic rings. The molecule has 3 nitrogen and oxygen atoms in total. The van der Waals surface area contributed by atoms with E-state index in [0.29, 0.717) is 0 Å². The molecule has 1 aliphatic heterocycles. The summed E-state index contributed by atoms with van der Waals surface area (Å²) >= 11 is 0. The summed E-state index contributed by atoms with van der Waals surface area (Å²) in [4.78, 5) is 7.71. The van der Waals surface area contributed by atoms with Crippen LogP contribution in [0.2, 0.25) is 0 Å². The number of aromatic nitrogens is 2. The fourth-order valence-corrected chi connectivity index (χ4v) is 2.73. The van der Waals surface area contributed by atoms with Gasteiger partial charge in [-0.15, -0.1) is 0 Å². The third-order valence-electron chi connectivity index (χ3n) is 3.77. The van der Waals surface area contributed by atoms with Gasteiger partial charge < -0.3 is 10.3 Å². The number of aromatic amines is 1. The second-order valence-corrected chi connectivity index (χ2v) is 4.32. The minimum Gasteiger partial charge on any atom is -0.348 e. The lowest BCUT2D eigenvalue weighted by molar-refractivity contribution is 0.0828. The Morgan fingerprint density at radius 1 is 1.62 bits per heavy atom. The maximum atomic E-state index is 4.46. The van der Waals surface area contributed by atoms with Crippen LogP contribution in [-0.2, 0) is 12.0 Å². The van der Waals surface area contributed by atoms with Crippen LogP contribution in [0.5, 0.6) is 0 Å². The van der Waals surface area contributed by atoms with Gasteiger partial charge in [0.2, 0.25) is 0 Å². The molecule has 13 heavy (non-hydrogen) atoms. The molecule has 0 radical (unpaired) electrons. The summed E-state index contributed by atoms with van der Waals surface area (Å²) in [5.41, 5.74) is 2.87. The second-order valence-electron chi connectivity index (χ2n) is 4.32. The summed E-state index contributed by atoms with van der Waals surface area (Å²) in [6.07, 6.45) is 5.53. The SMILES string of the molecule is CC1CCC12NCCc1[nH]cnc12. The third-order valence-corrected chi connectivity index (χ3v) is 3.77. The lowest BCUT2D eigenvalue weighted by atomic mass is 9.64. The number of hydrogen-bond donors (Lipinski definition) is 2. The molecule has 0 amide bonds. The van der Waals surface area contributed by atoms with Crippen molar-refractivity contribution in [1.29, 1.82) is 0 Å². The minimum atomic E-state index is 0.230. The first-order valence-corrected chi connectivity index (χ1v) is 5.11. The fourth-order valence-electron chi connectivity index (χ4n) is 2.73. The Balaban J connectivity index is 2.09. The van der Waals surface area contributed by atoms with Crippen LogP contribution in [-0.4, -0.2) is 16.5 Å². The van der Waals surface area contributed by atoms with Gasteiger partial charge in [-0.25, -0.2) is 4.98 Å². The van der Waals surface area contributed by atoms with Crippen LogP contribution in [0.25, 0.3) is 0 Å². The van der Waals surface area contributed by atoms with Crippen molar-refractivity contribution in [3.63, 3.8) is 0 Å². The van der Waals surface area contributed by atoms with E-state index in [9.17, 15) is 0 Å². The summed E-state index contributed by atoms with van der Waals surface area (Å²) in [5.74, 6) is 0.745. The highest BCUT2D eigenvalue weighted by atomic mass is 15.1. The Morgan fingerprint density at radius 3 is 3.23 bits per heavy atom. The maximum Gasteiger partial charge on any atom is 0.0926 e. The van der Waals surface area contributed by atoms with Crippen molar-refractivity contribution < 1.29 is 0 Å². The monoisotopic (exact) mass is 177 g/mol. The van der Waals surface area contributed by atoms with Gasteiger partial charge in [0, 0.05) is 18.7 Å². The summed E-state index contributed by atoms with van der Waals surface area (Å²) < 4.78 is 0. The van der Waals surface area contributed by atoms with E-state index >= 15 is 0 Å². The van der Waals surface area contributed by atoms with Crippen LogP contribution in [0.1, 0.15) is 31.2 Å². The third kappa shape index (κ3) is 0.804. The molecule has 2 aliphatic rings. The number of H-pyrrole nitrogens is 1. The number of imidazole rings is 1. The number of hydrogen-bond acceptors (Lipinski definition) is 2. The normalized spacial score (nSPS) is 37.2. The van der Waals surface area contributed by atoms with Crippen molar-refractivity contribution >= 4 is 0 Å². The van der Waals surface area contributed by atoms with Crippen LogP contribution in [0.3, 0.4) is 0 Å². The highest BCUT2D eigenvalue weighted by molar-refractivity contribution is 5.29. The van der Waals surface area contributed by atoms with E-state index in [4.69, 9.17) is 0 Å². The van der Waals surface area contributed by atoms with E-state index in [1.165, 1.54) is 24.2 Å². The lowest BCUT2D eigenvalue weighted by Crippen LogP contribution is -2.57. The average molecular weight is 177 g/mol. The maximum absolute atomic E-state index is 4.46. The quantitative estimate of drug-likeness (QED) is 0.624. The van der Waals surface area contributed by atoms with Crippen LogP contribution >= 0.6 is 0 Å². The first-order chi connectivity index (χ1) is 6.33. The molecular weight excluding hydrogens is 162 g/mol. The van der Waals surface area contributed by atoms with E-state index < -0.39 is 0 Å². The summed E-state index contributed by atoms with van der Waals surface area (Å²) in [7, 11) is 0. The molecule has 1 aliphatic carbocycles. The first-order valence-electron chi connectivity index (χ1n) is 5.11. The van der Waals surface area contributed by atoms with Gasteiger partial charge in [-0.3, -0.25) is 0 Å². The zero-order chi connectivity index (χ0) is 8.89. The van der Waals surface area contributed by atoms with Crippen LogP contribution < -0.4 is 5.32 Å². The van der Waals surface area contributed by atoms with E-state index in [1.54, 1.807) is 0 Å². The van der Waals surface area contributed by atoms with Crippen molar-refractivity contribution in [2.24, 2.45) is 5.92 Å². The molecule has 1 aromatic heterocycles. The first kappa shape index (κ1) is 7.56. The van der Waals surface area contributed by atoms with Gasteiger partial charge in [0.1, 0.15) is 0 Å². The molecule has 1 saturated carbocycles. The Bertz CT molecular complexity index is 331. The Morgan fingerprint density at radius 2 is 2.54 bits per heavy atom. The molecule has 2 unspecified atom stereocenters. The predicted molar refractivity (Wildman–Crippen MR) is 50.4 cm³/mol. The largest absolute Gasteiger partial charge is 0.348 e. The predicted octanol–water partition coefficient (Wildman–Crippen LogP) is 1.18. The molecular formula is C10H15N3. The zero-order valence-electron chi connectivity index (χ0n) is 7.93. The van der Waals surface area contributed by atoms with Gasteiger partial charge in [-0.05, 0) is 18.8 Å².